The summed E-state index contributed by atoms with van der Waals surface area (Å²) in [7, 11) is 1.92. The minimum atomic E-state index is 0.122. The highest BCUT2D eigenvalue weighted by Gasteiger charge is 2.19. The molecule has 1 unspecified atom stereocenters. The van der Waals surface area contributed by atoms with Gasteiger partial charge in [0.05, 0.1) is 18.5 Å². The predicted octanol–water partition coefficient (Wildman–Crippen LogP) is 2.86. The van der Waals surface area contributed by atoms with Crippen LogP contribution in [0.1, 0.15) is 30.5 Å². The lowest BCUT2D eigenvalue weighted by atomic mass is 10.1. The summed E-state index contributed by atoms with van der Waals surface area (Å²) in [4.78, 5) is 0. The Kier molecular flexibility index (Phi) is 4.02. The number of halogens is 1. The second kappa shape index (κ2) is 5.51. The van der Waals surface area contributed by atoms with Crippen molar-refractivity contribution in [1.29, 1.82) is 0 Å². The van der Waals surface area contributed by atoms with Crippen LogP contribution in [-0.2, 0) is 7.05 Å². The predicted molar refractivity (Wildman–Crippen MR) is 69.8 cm³/mol. The summed E-state index contributed by atoms with van der Waals surface area (Å²) in [6.07, 6.45) is 6.68. The van der Waals surface area contributed by atoms with Crippen LogP contribution in [0.15, 0.2) is 33.8 Å². The Balaban J connectivity index is 2.28. The second-order valence-corrected chi connectivity index (χ2v) is 4.70. The topological polar surface area (TPSA) is 43.0 Å². The number of rotatable bonds is 5. The van der Waals surface area contributed by atoms with Gasteiger partial charge in [-0.2, -0.15) is 5.10 Å². The summed E-state index contributed by atoms with van der Waals surface area (Å²) in [5.74, 6) is 0. The minimum absolute atomic E-state index is 0.122. The number of nitrogens with zero attached hydrogens (tertiary/aromatic N) is 2. The van der Waals surface area contributed by atoms with Crippen molar-refractivity contribution in [3.05, 3.63) is 40.5 Å². The fraction of sp³-hybridized carbons (Fsp3) is 0.417. The molecular weight excluding hydrogens is 282 g/mol. The molecule has 0 fully saturated rings. The molecule has 0 aromatic carbocycles. The molecule has 0 radical (unpaired) electrons. The van der Waals surface area contributed by atoms with E-state index in [0.29, 0.717) is 0 Å². The van der Waals surface area contributed by atoms with Crippen LogP contribution < -0.4 is 5.32 Å². The Morgan fingerprint density at radius 1 is 1.59 bits per heavy atom. The van der Waals surface area contributed by atoms with Crippen molar-refractivity contribution in [3.8, 4) is 0 Å². The molecule has 0 aliphatic rings. The molecule has 2 heterocycles. The first-order chi connectivity index (χ1) is 8.22. The smallest absolute Gasteiger partial charge is 0.174 e. The lowest BCUT2D eigenvalue weighted by Crippen LogP contribution is -2.22. The molecule has 1 N–H and O–H groups in total. The van der Waals surface area contributed by atoms with Gasteiger partial charge in [0.2, 0.25) is 0 Å². The van der Waals surface area contributed by atoms with Gasteiger partial charge in [-0.15, -0.1) is 0 Å². The first-order valence-electron chi connectivity index (χ1n) is 5.67. The number of aryl methyl sites for hydroxylation is 1. The normalized spacial score (nSPS) is 12.9. The Morgan fingerprint density at radius 2 is 2.41 bits per heavy atom. The number of furan rings is 1. The molecule has 2 aromatic rings. The van der Waals surface area contributed by atoms with Gasteiger partial charge in [0.15, 0.2) is 4.67 Å². The SMILES string of the molecule is CCCNC(c1cnn(C)c1)c1ccoc1Br. The van der Waals surface area contributed by atoms with Crippen molar-refractivity contribution in [2.45, 2.75) is 19.4 Å². The van der Waals surface area contributed by atoms with E-state index in [0.717, 1.165) is 28.8 Å². The standard InChI is InChI=1S/C12H16BrN3O/c1-3-5-14-11(9-7-15-16(2)8-9)10-4-6-17-12(10)13/h4,6-8,11,14H,3,5H2,1-2H3. The van der Waals surface area contributed by atoms with E-state index in [9.17, 15) is 0 Å². The molecule has 2 aromatic heterocycles. The van der Waals surface area contributed by atoms with E-state index < -0.39 is 0 Å². The summed E-state index contributed by atoms with van der Waals surface area (Å²) in [5, 5.41) is 7.71. The number of hydrogen-bond donors (Lipinski definition) is 1. The van der Waals surface area contributed by atoms with Crippen LogP contribution >= 0.6 is 15.9 Å². The quantitative estimate of drug-likeness (QED) is 0.923. The van der Waals surface area contributed by atoms with Crippen LogP contribution in [0.5, 0.6) is 0 Å². The van der Waals surface area contributed by atoms with E-state index in [4.69, 9.17) is 4.42 Å². The zero-order chi connectivity index (χ0) is 12.3. The summed E-state index contributed by atoms with van der Waals surface area (Å²) in [6.45, 7) is 3.11. The van der Waals surface area contributed by atoms with E-state index in [1.807, 2.05) is 30.2 Å². The van der Waals surface area contributed by atoms with Crippen molar-refractivity contribution in [3.63, 3.8) is 0 Å². The molecule has 0 aliphatic heterocycles. The Hall–Kier alpha value is -1.07. The average Bonchev–Trinajstić information content (AvgIpc) is 2.90. The lowest BCUT2D eigenvalue weighted by molar-refractivity contribution is 0.523. The molecule has 2 rings (SSSR count). The monoisotopic (exact) mass is 297 g/mol. The fourth-order valence-electron chi connectivity index (χ4n) is 1.80. The third-order valence-corrected chi connectivity index (χ3v) is 3.26. The maximum Gasteiger partial charge on any atom is 0.174 e. The minimum Gasteiger partial charge on any atom is -0.457 e. The summed E-state index contributed by atoms with van der Waals surface area (Å²) < 4.78 is 7.89. The molecular formula is C12H16BrN3O. The van der Waals surface area contributed by atoms with Gasteiger partial charge in [-0.05, 0) is 35.0 Å². The van der Waals surface area contributed by atoms with Crippen molar-refractivity contribution >= 4 is 15.9 Å². The summed E-state index contributed by atoms with van der Waals surface area (Å²) >= 11 is 3.43. The highest BCUT2D eigenvalue weighted by Crippen LogP contribution is 2.29. The highest BCUT2D eigenvalue weighted by atomic mass is 79.9. The van der Waals surface area contributed by atoms with Crippen LogP contribution in [-0.4, -0.2) is 16.3 Å². The zero-order valence-electron chi connectivity index (χ0n) is 9.98. The molecule has 5 heteroatoms. The molecule has 0 spiro atoms. The highest BCUT2D eigenvalue weighted by molar-refractivity contribution is 9.10. The van der Waals surface area contributed by atoms with Crippen molar-refractivity contribution in [2.24, 2.45) is 7.05 Å². The van der Waals surface area contributed by atoms with E-state index in [-0.39, 0.29) is 6.04 Å². The van der Waals surface area contributed by atoms with Crippen LogP contribution in [0.2, 0.25) is 0 Å². The number of hydrogen-bond acceptors (Lipinski definition) is 3. The first kappa shape index (κ1) is 12.4. The van der Waals surface area contributed by atoms with Gasteiger partial charge in [-0.3, -0.25) is 4.68 Å². The van der Waals surface area contributed by atoms with E-state index in [2.05, 4.69) is 33.3 Å². The second-order valence-electron chi connectivity index (χ2n) is 3.98. The summed E-state index contributed by atoms with van der Waals surface area (Å²) in [6, 6.07) is 2.10. The molecule has 0 amide bonds. The van der Waals surface area contributed by atoms with Crippen molar-refractivity contribution in [1.82, 2.24) is 15.1 Å². The van der Waals surface area contributed by atoms with Crippen LogP contribution in [0, 0.1) is 0 Å². The van der Waals surface area contributed by atoms with Crippen LogP contribution in [0.3, 0.4) is 0 Å². The van der Waals surface area contributed by atoms with Gasteiger partial charge >= 0.3 is 0 Å². The third-order valence-electron chi connectivity index (χ3n) is 2.61. The van der Waals surface area contributed by atoms with Crippen molar-refractivity contribution in [2.75, 3.05) is 6.54 Å². The fourth-order valence-corrected chi connectivity index (χ4v) is 2.26. The molecule has 92 valence electrons. The zero-order valence-corrected chi connectivity index (χ0v) is 11.6. The number of aromatic nitrogens is 2. The van der Waals surface area contributed by atoms with E-state index >= 15 is 0 Å². The first-order valence-corrected chi connectivity index (χ1v) is 6.46. The van der Waals surface area contributed by atoms with Gasteiger partial charge in [0.25, 0.3) is 0 Å². The summed E-state index contributed by atoms with van der Waals surface area (Å²) in [5.41, 5.74) is 2.24. The molecule has 17 heavy (non-hydrogen) atoms. The van der Waals surface area contributed by atoms with E-state index in [1.165, 1.54) is 0 Å². The molecule has 1 atom stereocenters. The van der Waals surface area contributed by atoms with Gasteiger partial charge in [0.1, 0.15) is 0 Å². The number of nitrogens with one attached hydrogen (secondary N) is 1. The average molecular weight is 298 g/mol. The van der Waals surface area contributed by atoms with Gasteiger partial charge in [-0.25, -0.2) is 0 Å². The maximum absolute atomic E-state index is 5.30. The van der Waals surface area contributed by atoms with Crippen LogP contribution in [0.4, 0.5) is 0 Å². The molecule has 4 nitrogen and oxygen atoms in total. The maximum atomic E-state index is 5.30. The molecule has 0 saturated carbocycles. The Labute approximate surface area is 109 Å². The Morgan fingerprint density at radius 3 is 2.94 bits per heavy atom. The third kappa shape index (κ3) is 2.79. The molecule has 0 bridgehead atoms. The lowest BCUT2D eigenvalue weighted by Gasteiger charge is -2.15. The molecule has 0 aliphatic carbocycles. The Bertz CT molecular complexity index is 478. The van der Waals surface area contributed by atoms with Gasteiger partial charge in [-0.1, -0.05) is 6.92 Å². The van der Waals surface area contributed by atoms with Gasteiger partial charge < -0.3 is 9.73 Å². The largest absolute Gasteiger partial charge is 0.457 e. The van der Waals surface area contributed by atoms with Crippen molar-refractivity contribution < 1.29 is 4.42 Å². The van der Waals surface area contributed by atoms with Gasteiger partial charge in [0, 0.05) is 24.4 Å². The van der Waals surface area contributed by atoms with E-state index in [1.54, 1.807) is 6.26 Å². The molecule has 0 saturated heterocycles. The van der Waals surface area contributed by atoms with Crippen LogP contribution in [0.25, 0.3) is 0 Å².